The monoisotopic (exact) mass is 390 g/mol. The van der Waals surface area contributed by atoms with Crippen LogP contribution < -0.4 is 15.4 Å². The maximum atomic E-state index is 12.6. The van der Waals surface area contributed by atoms with Crippen LogP contribution in [-0.2, 0) is 4.79 Å². The van der Waals surface area contributed by atoms with Gasteiger partial charge in [-0.2, -0.15) is 0 Å². The number of rotatable bonds is 5. The molecule has 1 aliphatic heterocycles. The Kier molecular flexibility index (Phi) is 5.09. The largest absolute Gasteiger partial charge is 0.487 e. The van der Waals surface area contributed by atoms with Crippen molar-refractivity contribution in [3.8, 4) is 5.75 Å². The molecule has 150 valence electrons. The summed E-state index contributed by atoms with van der Waals surface area (Å²) in [6.45, 7) is 6.63. The zero-order chi connectivity index (χ0) is 20.4. The summed E-state index contributed by atoms with van der Waals surface area (Å²) in [6.07, 6.45) is 2.64. The maximum Gasteiger partial charge on any atom is 0.222 e. The number of aromatic nitrogens is 2. The molecule has 29 heavy (non-hydrogen) atoms. The van der Waals surface area contributed by atoms with E-state index in [0.717, 1.165) is 40.0 Å². The molecule has 2 heterocycles. The molecule has 6 heteroatoms. The molecule has 0 aliphatic carbocycles. The Morgan fingerprint density at radius 3 is 2.90 bits per heavy atom. The number of hydrogen-bond acceptors (Lipinski definition) is 5. The summed E-state index contributed by atoms with van der Waals surface area (Å²) in [7, 11) is 0. The standard InChI is InChI=1S/C23H26N4O2/c1-15-8-9-18-17(12-15)22(26-14-25-18)24-11-10-21(28)27-19-13-23(2,3)29-20-7-5-4-6-16(19)20/h4-9,12,14,19H,10-11,13H2,1-3H3,(H,27,28)(H,24,25,26). The Morgan fingerprint density at radius 1 is 1.21 bits per heavy atom. The van der Waals surface area contributed by atoms with Gasteiger partial charge in [0.05, 0.1) is 11.6 Å². The summed E-state index contributed by atoms with van der Waals surface area (Å²) in [5.74, 6) is 1.60. The lowest BCUT2D eigenvalue weighted by Crippen LogP contribution is -2.41. The van der Waals surface area contributed by atoms with Gasteiger partial charge < -0.3 is 15.4 Å². The van der Waals surface area contributed by atoms with Gasteiger partial charge in [0.25, 0.3) is 0 Å². The number of para-hydroxylation sites is 1. The molecule has 0 saturated carbocycles. The van der Waals surface area contributed by atoms with Gasteiger partial charge in [0.15, 0.2) is 0 Å². The molecule has 1 aromatic heterocycles. The molecular weight excluding hydrogens is 364 g/mol. The first-order valence-corrected chi connectivity index (χ1v) is 9.94. The second-order valence-corrected chi connectivity index (χ2v) is 8.14. The molecule has 0 radical (unpaired) electrons. The number of hydrogen-bond donors (Lipinski definition) is 2. The first kappa shape index (κ1) is 19.2. The summed E-state index contributed by atoms with van der Waals surface area (Å²) in [5, 5.41) is 7.42. The fraction of sp³-hybridized carbons (Fsp3) is 0.348. The van der Waals surface area contributed by atoms with Crippen LogP contribution in [0.3, 0.4) is 0 Å². The van der Waals surface area contributed by atoms with E-state index < -0.39 is 0 Å². The second-order valence-electron chi connectivity index (χ2n) is 8.14. The third-order valence-electron chi connectivity index (χ3n) is 5.15. The first-order chi connectivity index (χ1) is 13.9. The third-order valence-corrected chi connectivity index (χ3v) is 5.15. The van der Waals surface area contributed by atoms with Crippen LogP contribution in [0.15, 0.2) is 48.8 Å². The van der Waals surface area contributed by atoms with Gasteiger partial charge in [-0.05, 0) is 39.0 Å². The summed E-state index contributed by atoms with van der Waals surface area (Å²) in [6, 6.07) is 13.9. The summed E-state index contributed by atoms with van der Waals surface area (Å²) >= 11 is 0. The van der Waals surface area contributed by atoms with Crippen LogP contribution in [0.25, 0.3) is 10.9 Å². The van der Waals surface area contributed by atoms with Crippen molar-refractivity contribution in [2.45, 2.75) is 45.3 Å². The van der Waals surface area contributed by atoms with E-state index in [1.54, 1.807) is 6.33 Å². The SMILES string of the molecule is Cc1ccc2ncnc(NCCC(=O)NC3CC(C)(C)Oc4ccccc43)c2c1. The van der Waals surface area contributed by atoms with E-state index in [4.69, 9.17) is 4.74 Å². The van der Waals surface area contributed by atoms with Gasteiger partial charge in [0.1, 0.15) is 23.5 Å². The molecular formula is C23H26N4O2. The van der Waals surface area contributed by atoms with Crippen LogP contribution >= 0.6 is 0 Å². The van der Waals surface area contributed by atoms with Crippen LogP contribution in [0.2, 0.25) is 0 Å². The van der Waals surface area contributed by atoms with E-state index in [9.17, 15) is 4.79 Å². The molecule has 3 aromatic rings. The number of carbonyl (C=O) groups excluding carboxylic acids is 1. The molecule has 0 fully saturated rings. The number of anilines is 1. The van der Waals surface area contributed by atoms with Crippen LogP contribution in [-0.4, -0.2) is 28.0 Å². The minimum absolute atomic E-state index is 0.00421. The van der Waals surface area contributed by atoms with Gasteiger partial charge in [0.2, 0.25) is 5.91 Å². The van der Waals surface area contributed by atoms with Crippen molar-refractivity contribution in [2.24, 2.45) is 0 Å². The molecule has 0 spiro atoms. The maximum absolute atomic E-state index is 12.6. The minimum atomic E-state index is -0.317. The highest BCUT2D eigenvalue weighted by Crippen LogP contribution is 2.39. The lowest BCUT2D eigenvalue weighted by Gasteiger charge is -2.37. The Hall–Kier alpha value is -3.15. The first-order valence-electron chi connectivity index (χ1n) is 9.94. The number of nitrogens with zero attached hydrogens (tertiary/aromatic N) is 2. The summed E-state index contributed by atoms with van der Waals surface area (Å²) in [4.78, 5) is 21.3. The Balaban J connectivity index is 1.40. The van der Waals surface area contributed by atoms with Crippen molar-refractivity contribution in [2.75, 3.05) is 11.9 Å². The molecule has 1 amide bonds. The minimum Gasteiger partial charge on any atom is -0.487 e. The van der Waals surface area contributed by atoms with Crippen LogP contribution in [0, 0.1) is 6.92 Å². The Bertz CT molecular complexity index is 1050. The van der Waals surface area contributed by atoms with Crippen LogP contribution in [0.4, 0.5) is 5.82 Å². The topological polar surface area (TPSA) is 76.1 Å². The number of ether oxygens (including phenoxy) is 1. The molecule has 6 nitrogen and oxygen atoms in total. The van der Waals surface area contributed by atoms with Gasteiger partial charge in [-0.1, -0.05) is 29.8 Å². The van der Waals surface area contributed by atoms with Gasteiger partial charge in [0, 0.05) is 30.3 Å². The Morgan fingerprint density at radius 2 is 2.03 bits per heavy atom. The fourth-order valence-electron chi connectivity index (χ4n) is 3.80. The van der Waals surface area contributed by atoms with Gasteiger partial charge >= 0.3 is 0 Å². The lowest BCUT2D eigenvalue weighted by atomic mass is 9.89. The number of carbonyl (C=O) groups is 1. The lowest BCUT2D eigenvalue weighted by molar-refractivity contribution is -0.122. The smallest absolute Gasteiger partial charge is 0.222 e. The zero-order valence-corrected chi connectivity index (χ0v) is 17.0. The number of fused-ring (bicyclic) bond motifs is 2. The Labute approximate surface area is 170 Å². The number of benzene rings is 2. The third kappa shape index (κ3) is 4.31. The second kappa shape index (κ2) is 7.70. The van der Waals surface area contributed by atoms with Gasteiger partial charge in [-0.25, -0.2) is 9.97 Å². The van der Waals surface area contributed by atoms with Crippen molar-refractivity contribution in [1.82, 2.24) is 15.3 Å². The van der Waals surface area contributed by atoms with E-state index >= 15 is 0 Å². The molecule has 1 atom stereocenters. The van der Waals surface area contributed by atoms with Crippen molar-refractivity contribution < 1.29 is 9.53 Å². The molecule has 2 aromatic carbocycles. The number of amides is 1. The van der Waals surface area contributed by atoms with E-state index in [-0.39, 0.29) is 17.6 Å². The molecule has 1 aliphatic rings. The van der Waals surface area contributed by atoms with Crippen LogP contribution in [0.5, 0.6) is 5.75 Å². The average molecular weight is 390 g/mol. The van der Waals surface area contributed by atoms with Crippen molar-refractivity contribution in [3.05, 3.63) is 59.9 Å². The van der Waals surface area contributed by atoms with Gasteiger partial charge in [-0.15, -0.1) is 0 Å². The predicted octanol–water partition coefficient (Wildman–Crippen LogP) is 4.16. The number of aryl methyl sites for hydroxylation is 1. The molecule has 0 bridgehead atoms. The molecule has 2 N–H and O–H groups in total. The van der Waals surface area contributed by atoms with Crippen molar-refractivity contribution >= 4 is 22.6 Å². The average Bonchev–Trinajstić information content (AvgIpc) is 2.67. The highest BCUT2D eigenvalue weighted by molar-refractivity contribution is 5.89. The molecule has 1 unspecified atom stereocenters. The fourth-order valence-corrected chi connectivity index (χ4v) is 3.80. The van der Waals surface area contributed by atoms with E-state index in [1.807, 2.05) is 57.2 Å². The van der Waals surface area contributed by atoms with E-state index in [1.165, 1.54) is 0 Å². The summed E-state index contributed by atoms with van der Waals surface area (Å²) < 4.78 is 6.04. The summed E-state index contributed by atoms with van der Waals surface area (Å²) in [5.41, 5.74) is 2.75. The normalized spacial score (nSPS) is 17.3. The van der Waals surface area contributed by atoms with Gasteiger partial charge in [-0.3, -0.25) is 4.79 Å². The van der Waals surface area contributed by atoms with E-state index in [2.05, 4.69) is 26.7 Å². The zero-order valence-electron chi connectivity index (χ0n) is 17.0. The molecule has 4 rings (SSSR count). The predicted molar refractivity (Wildman–Crippen MR) is 114 cm³/mol. The van der Waals surface area contributed by atoms with Crippen LogP contribution in [0.1, 0.15) is 43.9 Å². The molecule has 0 saturated heterocycles. The quantitative estimate of drug-likeness (QED) is 0.684. The van der Waals surface area contributed by atoms with Crippen molar-refractivity contribution in [3.63, 3.8) is 0 Å². The highest BCUT2D eigenvalue weighted by Gasteiger charge is 2.34. The number of nitrogens with one attached hydrogen (secondary N) is 2. The van der Waals surface area contributed by atoms with E-state index in [0.29, 0.717) is 13.0 Å². The highest BCUT2D eigenvalue weighted by atomic mass is 16.5. The van der Waals surface area contributed by atoms with Crippen molar-refractivity contribution in [1.29, 1.82) is 0 Å².